The number of rotatable bonds is 5. The first-order chi connectivity index (χ1) is 11.8. The molecule has 0 aliphatic carbocycles. The normalized spacial score (nSPS) is 10.0. The minimum Gasteiger partial charge on any atom is -0.326 e. The van der Waals surface area contributed by atoms with Crippen molar-refractivity contribution >= 4 is 58.0 Å². The van der Waals surface area contributed by atoms with Gasteiger partial charge in [-0.2, -0.15) is 0 Å². The Kier molecular flexibility index (Phi) is 6.38. The standard InChI is InChI=1S/C17H15Cl2N3O3/c1-10(23)20-12-3-2-4-13(8-12)21-16(24)9-17(25)22-15-7-11(18)5-6-14(15)19/h2-8H,9H2,1H3,(H,20,23)(H,21,24)(H,22,25). The van der Waals surface area contributed by atoms with Gasteiger partial charge in [0.05, 0.1) is 10.7 Å². The third kappa shape index (κ3) is 6.10. The molecule has 8 heteroatoms. The highest BCUT2D eigenvalue weighted by Gasteiger charge is 2.12. The first-order valence-corrected chi connectivity index (χ1v) is 8.01. The number of anilines is 3. The number of carbonyl (C=O) groups is 3. The molecule has 3 N–H and O–H groups in total. The van der Waals surface area contributed by atoms with Gasteiger partial charge in [0.15, 0.2) is 0 Å². The fourth-order valence-corrected chi connectivity index (χ4v) is 2.35. The Labute approximate surface area is 154 Å². The number of hydrogen-bond donors (Lipinski definition) is 3. The molecule has 0 heterocycles. The predicted octanol–water partition coefficient (Wildman–Crippen LogP) is 3.92. The van der Waals surface area contributed by atoms with Crippen molar-refractivity contribution in [3.8, 4) is 0 Å². The van der Waals surface area contributed by atoms with E-state index in [1.165, 1.54) is 13.0 Å². The summed E-state index contributed by atoms with van der Waals surface area (Å²) in [6.45, 7) is 1.39. The number of hydrogen-bond acceptors (Lipinski definition) is 3. The van der Waals surface area contributed by atoms with Gasteiger partial charge in [0.1, 0.15) is 6.42 Å². The molecule has 0 aliphatic rings. The van der Waals surface area contributed by atoms with Gasteiger partial charge in [-0.05, 0) is 36.4 Å². The van der Waals surface area contributed by atoms with E-state index < -0.39 is 18.2 Å². The van der Waals surface area contributed by atoms with Crippen molar-refractivity contribution in [1.29, 1.82) is 0 Å². The topological polar surface area (TPSA) is 87.3 Å². The van der Waals surface area contributed by atoms with Crippen LogP contribution in [0.1, 0.15) is 13.3 Å². The van der Waals surface area contributed by atoms with Gasteiger partial charge in [0.25, 0.3) is 0 Å². The van der Waals surface area contributed by atoms with Crippen LogP contribution in [0.15, 0.2) is 42.5 Å². The molecule has 0 atom stereocenters. The summed E-state index contributed by atoms with van der Waals surface area (Å²) in [7, 11) is 0. The molecule has 0 radical (unpaired) electrons. The third-order valence-corrected chi connectivity index (χ3v) is 3.55. The summed E-state index contributed by atoms with van der Waals surface area (Å²) in [6.07, 6.45) is -0.396. The molecule has 0 aromatic heterocycles. The molecule has 6 nitrogen and oxygen atoms in total. The molecule has 0 fully saturated rings. The number of carbonyl (C=O) groups excluding carboxylic acids is 3. The van der Waals surface area contributed by atoms with Crippen molar-refractivity contribution in [3.05, 3.63) is 52.5 Å². The smallest absolute Gasteiger partial charge is 0.233 e. The highest BCUT2D eigenvalue weighted by atomic mass is 35.5. The van der Waals surface area contributed by atoms with Gasteiger partial charge in [-0.15, -0.1) is 0 Å². The molecular weight excluding hydrogens is 365 g/mol. The van der Waals surface area contributed by atoms with Gasteiger partial charge < -0.3 is 16.0 Å². The summed E-state index contributed by atoms with van der Waals surface area (Å²) in [5.74, 6) is -1.25. The fraction of sp³-hybridized carbons (Fsp3) is 0.118. The Hall–Kier alpha value is -2.57. The zero-order valence-electron chi connectivity index (χ0n) is 13.2. The second kappa shape index (κ2) is 8.50. The maximum absolute atomic E-state index is 12.0. The van der Waals surface area contributed by atoms with E-state index in [0.29, 0.717) is 27.1 Å². The Morgan fingerprint density at radius 3 is 2.20 bits per heavy atom. The molecule has 0 aliphatic heterocycles. The first kappa shape index (κ1) is 18.8. The Bertz CT molecular complexity index is 825. The highest BCUT2D eigenvalue weighted by Crippen LogP contribution is 2.25. The van der Waals surface area contributed by atoms with Crippen molar-refractivity contribution in [2.45, 2.75) is 13.3 Å². The summed E-state index contributed by atoms with van der Waals surface area (Å²) in [6, 6.07) is 11.2. The van der Waals surface area contributed by atoms with Crippen LogP contribution < -0.4 is 16.0 Å². The maximum Gasteiger partial charge on any atom is 0.233 e. The molecule has 3 amide bonds. The van der Waals surface area contributed by atoms with Gasteiger partial charge in [-0.3, -0.25) is 14.4 Å². The molecule has 0 bridgehead atoms. The molecule has 0 saturated carbocycles. The monoisotopic (exact) mass is 379 g/mol. The van der Waals surface area contributed by atoms with Crippen LogP contribution in [0.2, 0.25) is 10.0 Å². The van der Waals surface area contributed by atoms with E-state index in [-0.39, 0.29) is 5.91 Å². The Balaban J connectivity index is 1.94. The van der Waals surface area contributed by atoms with Crippen LogP contribution in [0.5, 0.6) is 0 Å². The summed E-state index contributed by atoms with van der Waals surface area (Å²) in [5, 5.41) is 8.46. The molecule has 0 saturated heterocycles. The maximum atomic E-state index is 12.0. The first-order valence-electron chi connectivity index (χ1n) is 7.26. The predicted molar refractivity (Wildman–Crippen MR) is 99.1 cm³/mol. The average molecular weight is 380 g/mol. The van der Waals surface area contributed by atoms with Crippen LogP contribution >= 0.6 is 23.2 Å². The van der Waals surface area contributed by atoms with Crippen molar-refractivity contribution in [1.82, 2.24) is 0 Å². The van der Waals surface area contributed by atoms with Crippen molar-refractivity contribution in [3.63, 3.8) is 0 Å². The molecule has 2 aromatic rings. The van der Waals surface area contributed by atoms with Crippen LogP contribution in [0.25, 0.3) is 0 Å². The van der Waals surface area contributed by atoms with Crippen molar-refractivity contribution in [2.24, 2.45) is 0 Å². The van der Waals surface area contributed by atoms with E-state index in [0.717, 1.165) is 0 Å². The van der Waals surface area contributed by atoms with E-state index in [2.05, 4.69) is 16.0 Å². The lowest BCUT2D eigenvalue weighted by Crippen LogP contribution is -2.21. The second-order valence-electron chi connectivity index (χ2n) is 5.16. The SMILES string of the molecule is CC(=O)Nc1cccc(NC(=O)CC(=O)Nc2cc(Cl)ccc2Cl)c1. The number of amides is 3. The molecule has 0 spiro atoms. The average Bonchev–Trinajstić information content (AvgIpc) is 2.50. The highest BCUT2D eigenvalue weighted by molar-refractivity contribution is 6.35. The van der Waals surface area contributed by atoms with Gasteiger partial charge in [0, 0.05) is 23.3 Å². The van der Waals surface area contributed by atoms with Gasteiger partial charge in [-0.1, -0.05) is 29.3 Å². The zero-order chi connectivity index (χ0) is 18.4. The summed E-state index contributed by atoms with van der Waals surface area (Å²) in [4.78, 5) is 35.0. The molecule has 2 aromatic carbocycles. The van der Waals surface area contributed by atoms with Crippen LogP contribution in [-0.2, 0) is 14.4 Å². The summed E-state index contributed by atoms with van der Waals surface area (Å²) in [5.41, 5.74) is 1.34. The lowest BCUT2D eigenvalue weighted by molar-refractivity contribution is -0.123. The number of benzene rings is 2. The van der Waals surface area contributed by atoms with E-state index in [9.17, 15) is 14.4 Å². The Morgan fingerprint density at radius 2 is 1.52 bits per heavy atom. The number of nitrogens with one attached hydrogen (secondary N) is 3. The van der Waals surface area contributed by atoms with Gasteiger partial charge in [0.2, 0.25) is 17.7 Å². The fourth-order valence-electron chi connectivity index (χ4n) is 2.02. The minimum absolute atomic E-state index is 0.221. The van der Waals surface area contributed by atoms with Crippen LogP contribution in [0.3, 0.4) is 0 Å². The van der Waals surface area contributed by atoms with E-state index in [1.807, 2.05) is 0 Å². The second-order valence-corrected chi connectivity index (χ2v) is 6.00. The van der Waals surface area contributed by atoms with Crippen LogP contribution in [0.4, 0.5) is 17.1 Å². The molecular formula is C17H15Cl2N3O3. The lowest BCUT2D eigenvalue weighted by atomic mass is 10.2. The molecule has 25 heavy (non-hydrogen) atoms. The van der Waals surface area contributed by atoms with E-state index in [1.54, 1.807) is 36.4 Å². The molecule has 2 rings (SSSR count). The Morgan fingerprint density at radius 1 is 0.880 bits per heavy atom. The van der Waals surface area contributed by atoms with Crippen molar-refractivity contribution < 1.29 is 14.4 Å². The van der Waals surface area contributed by atoms with Crippen molar-refractivity contribution in [2.75, 3.05) is 16.0 Å². The van der Waals surface area contributed by atoms with Gasteiger partial charge >= 0.3 is 0 Å². The largest absolute Gasteiger partial charge is 0.326 e. The quantitative estimate of drug-likeness (QED) is 0.687. The summed E-state index contributed by atoms with van der Waals surface area (Å²) < 4.78 is 0. The lowest BCUT2D eigenvalue weighted by Gasteiger charge is -2.09. The molecule has 130 valence electrons. The third-order valence-electron chi connectivity index (χ3n) is 2.99. The summed E-state index contributed by atoms with van der Waals surface area (Å²) >= 11 is 11.8. The molecule has 0 unspecified atom stereocenters. The van der Waals surface area contributed by atoms with Crippen LogP contribution in [-0.4, -0.2) is 17.7 Å². The van der Waals surface area contributed by atoms with E-state index in [4.69, 9.17) is 23.2 Å². The van der Waals surface area contributed by atoms with Gasteiger partial charge in [-0.25, -0.2) is 0 Å². The minimum atomic E-state index is -0.528. The van der Waals surface area contributed by atoms with Crippen LogP contribution in [0, 0.1) is 0 Å². The number of halogens is 2. The van der Waals surface area contributed by atoms with E-state index >= 15 is 0 Å². The zero-order valence-corrected chi connectivity index (χ0v) is 14.7.